The molecule has 1 N–H and O–H groups in total. The van der Waals surface area contributed by atoms with Crippen molar-refractivity contribution < 1.29 is 0 Å². The van der Waals surface area contributed by atoms with E-state index in [2.05, 4.69) is 42.4 Å². The zero-order valence-corrected chi connectivity index (χ0v) is 12.0. The van der Waals surface area contributed by atoms with Gasteiger partial charge in [0.05, 0.1) is 11.4 Å². The van der Waals surface area contributed by atoms with Crippen LogP contribution in [0.25, 0.3) is 0 Å². The molecular weight excluding hydrogens is 238 g/mol. The Bertz CT molecular complexity index is 497. The molecule has 0 aromatic carbocycles. The topological polar surface area (TPSA) is 47.7 Å². The molecule has 0 radical (unpaired) electrons. The molecule has 2 rings (SSSR count). The molecule has 2 heterocycles. The summed E-state index contributed by atoms with van der Waals surface area (Å²) in [5.41, 5.74) is 2.15. The summed E-state index contributed by atoms with van der Waals surface area (Å²) in [7, 11) is 0. The molecule has 0 aliphatic rings. The number of hydrogen-bond acceptors (Lipinski definition) is 3. The molecule has 0 amide bonds. The third-order valence-corrected chi connectivity index (χ3v) is 2.88. The van der Waals surface area contributed by atoms with E-state index in [1.54, 1.807) is 0 Å². The normalized spacial score (nSPS) is 11.4. The van der Waals surface area contributed by atoms with Gasteiger partial charge in [-0.15, -0.1) is 0 Å². The summed E-state index contributed by atoms with van der Waals surface area (Å²) in [6.07, 6.45) is 4.05. The average Bonchev–Trinajstić information content (AvgIpc) is 2.98. The Morgan fingerprint density at radius 2 is 1.63 bits per heavy atom. The number of aryl methyl sites for hydroxylation is 1. The van der Waals surface area contributed by atoms with E-state index in [0.29, 0.717) is 5.92 Å². The monoisotopic (exact) mass is 261 g/mol. The van der Waals surface area contributed by atoms with Crippen LogP contribution in [0, 0.1) is 5.92 Å². The fourth-order valence-corrected chi connectivity index (χ4v) is 1.97. The Labute approximate surface area is 114 Å². The Balaban J connectivity index is 1.77. The molecule has 0 saturated heterocycles. The van der Waals surface area contributed by atoms with Crippen molar-refractivity contribution in [3.63, 3.8) is 0 Å². The van der Waals surface area contributed by atoms with Crippen molar-refractivity contribution in [3.05, 3.63) is 35.9 Å². The van der Waals surface area contributed by atoms with Crippen LogP contribution in [0.3, 0.4) is 0 Å². The second-order valence-electron chi connectivity index (χ2n) is 5.19. The predicted octanol–water partition coefficient (Wildman–Crippen LogP) is 2.05. The zero-order chi connectivity index (χ0) is 13.7. The summed E-state index contributed by atoms with van der Waals surface area (Å²) in [6.45, 7) is 9.94. The first-order valence-electron chi connectivity index (χ1n) is 6.92. The third-order valence-electron chi connectivity index (χ3n) is 2.88. The van der Waals surface area contributed by atoms with Gasteiger partial charge in [0.2, 0.25) is 0 Å². The van der Waals surface area contributed by atoms with Crippen molar-refractivity contribution >= 4 is 0 Å². The van der Waals surface area contributed by atoms with Crippen LogP contribution in [0.2, 0.25) is 0 Å². The molecule has 0 unspecified atom stereocenters. The Morgan fingerprint density at radius 3 is 2.16 bits per heavy atom. The van der Waals surface area contributed by atoms with Crippen molar-refractivity contribution in [3.8, 4) is 0 Å². The SMILES string of the molecule is CCn1ccc(CNCc2ccn(CC(C)C)n2)n1. The number of nitrogens with one attached hydrogen (secondary N) is 1. The van der Waals surface area contributed by atoms with Gasteiger partial charge in [-0.25, -0.2) is 0 Å². The van der Waals surface area contributed by atoms with Gasteiger partial charge >= 0.3 is 0 Å². The first-order valence-corrected chi connectivity index (χ1v) is 6.92. The molecule has 0 aliphatic carbocycles. The highest BCUT2D eigenvalue weighted by Crippen LogP contribution is 2.01. The fourth-order valence-electron chi connectivity index (χ4n) is 1.97. The molecule has 104 valence electrons. The highest BCUT2D eigenvalue weighted by atomic mass is 15.3. The summed E-state index contributed by atoms with van der Waals surface area (Å²) >= 11 is 0. The van der Waals surface area contributed by atoms with Crippen molar-refractivity contribution in [2.75, 3.05) is 0 Å². The van der Waals surface area contributed by atoms with Gasteiger partial charge in [-0.3, -0.25) is 9.36 Å². The predicted molar refractivity (Wildman–Crippen MR) is 75.5 cm³/mol. The van der Waals surface area contributed by atoms with Gasteiger partial charge in [-0.05, 0) is 25.0 Å². The van der Waals surface area contributed by atoms with E-state index in [-0.39, 0.29) is 0 Å². The van der Waals surface area contributed by atoms with E-state index in [0.717, 1.165) is 37.6 Å². The van der Waals surface area contributed by atoms with Gasteiger partial charge in [0.1, 0.15) is 0 Å². The molecular formula is C14H23N5. The van der Waals surface area contributed by atoms with Gasteiger partial charge in [0.15, 0.2) is 0 Å². The van der Waals surface area contributed by atoms with Crippen LogP contribution in [0.15, 0.2) is 24.5 Å². The third kappa shape index (κ3) is 4.21. The summed E-state index contributed by atoms with van der Waals surface area (Å²) in [6, 6.07) is 4.12. The van der Waals surface area contributed by atoms with Crippen LogP contribution in [0.4, 0.5) is 0 Å². The van der Waals surface area contributed by atoms with Gasteiger partial charge in [0, 0.05) is 38.6 Å². The van der Waals surface area contributed by atoms with Crippen molar-refractivity contribution in [2.24, 2.45) is 5.92 Å². The maximum absolute atomic E-state index is 4.53. The number of rotatable bonds is 7. The number of hydrogen-bond donors (Lipinski definition) is 1. The van der Waals surface area contributed by atoms with Gasteiger partial charge < -0.3 is 5.32 Å². The van der Waals surface area contributed by atoms with E-state index in [9.17, 15) is 0 Å². The van der Waals surface area contributed by atoms with E-state index in [1.165, 1.54) is 0 Å². The molecule has 0 fully saturated rings. The second kappa shape index (κ2) is 6.52. The minimum atomic E-state index is 0.624. The van der Waals surface area contributed by atoms with Crippen LogP contribution < -0.4 is 5.32 Å². The lowest BCUT2D eigenvalue weighted by molar-refractivity contribution is 0.477. The average molecular weight is 261 g/mol. The summed E-state index contributed by atoms with van der Waals surface area (Å²) in [5, 5.41) is 12.3. The summed E-state index contributed by atoms with van der Waals surface area (Å²) in [4.78, 5) is 0. The second-order valence-corrected chi connectivity index (χ2v) is 5.19. The molecule has 0 atom stereocenters. The highest BCUT2D eigenvalue weighted by Gasteiger charge is 2.02. The van der Waals surface area contributed by atoms with Gasteiger partial charge in [-0.2, -0.15) is 10.2 Å². The zero-order valence-electron chi connectivity index (χ0n) is 12.0. The van der Waals surface area contributed by atoms with Crippen LogP contribution in [0.1, 0.15) is 32.2 Å². The minimum Gasteiger partial charge on any atom is -0.305 e. The smallest absolute Gasteiger partial charge is 0.0762 e. The van der Waals surface area contributed by atoms with Crippen molar-refractivity contribution in [1.82, 2.24) is 24.9 Å². The van der Waals surface area contributed by atoms with E-state index >= 15 is 0 Å². The molecule has 0 aliphatic heterocycles. The number of aromatic nitrogens is 4. The lowest BCUT2D eigenvalue weighted by Crippen LogP contribution is -2.14. The molecule has 2 aromatic heterocycles. The molecule has 2 aromatic rings. The Morgan fingerprint density at radius 1 is 1.05 bits per heavy atom. The van der Waals surface area contributed by atoms with Crippen LogP contribution in [-0.4, -0.2) is 19.6 Å². The number of nitrogens with zero attached hydrogens (tertiary/aromatic N) is 4. The molecule has 19 heavy (non-hydrogen) atoms. The quantitative estimate of drug-likeness (QED) is 0.829. The lowest BCUT2D eigenvalue weighted by atomic mass is 10.2. The van der Waals surface area contributed by atoms with E-state index in [1.807, 2.05) is 27.8 Å². The summed E-state index contributed by atoms with van der Waals surface area (Å²) in [5.74, 6) is 0.624. The fraction of sp³-hybridized carbons (Fsp3) is 0.571. The first kappa shape index (κ1) is 13.8. The van der Waals surface area contributed by atoms with Crippen LogP contribution in [0.5, 0.6) is 0 Å². The van der Waals surface area contributed by atoms with Crippen LogP contribution >= 0.6 is 0 Å². The lowest BCUT2D eigenvalue weighted by Gasteiger charge is -2.04. The summed E-state index contributed by atoms with van der Waals surface area (Å²) < 4.78 is 3.95. The van der Waals surface area contributed by atoms with E-state index in [4.69, 9.17) is 0 Å². The maximum Gasteiger partial charge on any atom is 0.0762 e. The highest BCUT2D eigenvalue weighted by molar-refractivity contribution is 5.01. The molecule has 5 nitrogen and oxygen atoms in total. The molecule has 0 bridgehead atoms. The van der Waals surface area contributed by atoms with Crippen molar-refractivity contribution in [1.29, 1.82) is 0 Å². The molecule has 0 spiro atoms. The standard InChI is InChI=1S/C14H23N5/c1-4-18-7-5-13(16-18)9-15-10-14-6-8-19(17-14)11-12(2)3/h5-8,12,15H,4,9-11H2,1-3H3. The Kier molecular flexibility index (Phi) is 4.74. The molecule has 5 heteroatoms. The largest absolute Gasteiger partial charge is 0.305 e. The Hall–Kier alpha value is -1.62. The van der Waals surface area contributed by atoms with Gasteiger partial charge in [0.25, 0.3) is 0 Å². The van der Waals surface area contributed by atoms with E-state index < -0.39 is 0 Å². The van der Waals surface area contributed by atoms with Gasteiger partial charge in [-0.1, -0.05) is 13.8 Å². The maximum atomic E-state index is 4.53. The first-order chi connectivity index (χ1) is 9.17. The van der Waals surface area contributed by atoms with Crippen molar-refractivity contribution in [2.45, 2.75) is 47.0 Å². The molecule has 0 saturated carbocycles. The van der Waals surface area contributed by atoms with Crippen LogP contribution in [-0.2, 0) is 26.2 Å². The minimum absolute atomic E-state index is 0.624.